The summed E-state index contributed by atoms with van der Waals surface area (Å²) < 4.78 is 13.1. The molecule has 0 spiro atoms. The largest absolute Gasteiger partial charge is 0.463 e. The molecule has 0 saturated carbocycles. The Morgan fingerprint density at radius 2 is 1.97 bits per heavy atom. The van der Waals surface area contributed by atoms with E-state index >= 15 is 0 Å². The number of nitrogens with zero attached hydrogens (tertiary/aromatic N) is 4. The lowest BCUT2D eigenvalue weighted by atomic mass is 9.96. The smallest absolute Gasteiger partial charge is 0.338 e. The molecule has 0 radical (unpaired) electrons. The average molecular weight is 539 g/mol. The molecular weight excluding hydrogens is 520 g/mol. The zero-order valence-electron chi connectivity index (χ0n) is 19.2. The van der Waals surface area contributed by atoms with Crippen LogP contribution in [-0.4, -0.2) is 27.1 Å². The first-order valence-corrected chi connectivity index (χ1v) is 13.0. The third-order valence-corrected chi connectivity index (χ3v) is 7.36. The lowest BCUT2D eigenvalue weighted by Crippen LogP contribution is -2.39. The highest BCUT2D eigenvalue weighted by Crippen LogP contribution is 2.31. The number of rotatable bonds is 6. The number of aromatic nitrogens is 3. The SMILES string of the molecule is CCOC(=O)C1=C(C)N=c2s/c(=C/c3ccc(Sc4ncccn4)o3)c(=O)n2C1c1ccc(Cl)cc1. The Kier molecular flexibility index (Phi) is 6.90. The first-order chi connectivity index (χ1) is 17.4. The van der Waals surface area contributed by atoms with Gasteiger partial charge in [-0.2, -0.15) is 0 Å². The van der Waals surface area contributed by atoms with Crippen LogP contribution in [0.25, 0.3) is 6.08 Å². The fraction of sp³-hybridized carbons (Fsp3) is 0.160. The molecule has 36 heavy (non-hydrogen) atoms. The van der Waals surface area contributed by atoms with E-state index in [0.717, 1.165) is 5.56 Å². The molecule has 1 aromatic carbocycles. The van der Waals surface area contributed by atoms with E-state index in [9.17, 15) is 9.59 Å². The van der Waals surface area contributed by atoms with E-state index in [1.807, 2.05) is 0 Å². The van der Waals surface area contributed by atoms with Crippen molar-refractivity contribution in [3.05, 3.63) is 102 Å². The normalized spacial score (nSPS) is 15.5. The number of thiazole rings is 1. The summed E-state index contributed by atoms with van der Waals surface area (Å²) in [6, 6.07) is 11.7. The van der Waals surface area contributed by atoms with Crippen molar-refractivity contribution in [3.63, 3.8) is 0 Å². The molecule has 1 aliphatic heterocycles. The highest BCUT2D eigenvalue weighted by atomic mass is 35.5. The molecule has 5 rings (SSSR count). The Bertz CT molecular complexity index is 1640. The number of hydrogen-bond donors (Lipinski definition) is 0. The van der Waals surface area contributed by atoms with Crippen LogP contribution in [0.1, 0.15) is 31.2 Å². The number of fused-ring (bicyclic) bond motifs is 1. The molecule has 0 amide bonds. The van der Waals surface area contributed by atoms with Gasteiger partial charge in [-0.1, -0.05) is 35.1 Å². The minimum absolute atomic E-state index is 0.209. The predicted octanol–water partition coefficient (Wildman–Crippen LogP) is 3.99. The number of halogens is 1. The number of ether oxygens (including phenoxy) is 1. The number of carbonyl (C=O) groups excluding carboxylic acids is 1. The summed E-state index contributed by atoms with van der Waals surface area (Å²) in [6.07, 6.45) is 4.98. The molecular formula is C25H19ClN4O4S2. The molecule has 182 valence electrons. The number of allylic oxidation sites excluding steroid dienone is 1. The van der Waals surface area contributed by atoms with Gasteiger partial charge in [-0.15, -0.1) is 0 Å². The molecule has 0 bridgehead atoms. The standard InChI is InChI=1S/C25H19ClN4O4S2/c1-3-33-23(32)20-14(2)29-25-30(21(20)15-5-7-16(26)8-6-15)22(31)18(35-25)13-17-9-10-19(34-17)36-24-27-11-4-12-28-24/h4-13,21H,3H2,1-2H3/b18-13+. The number of carbonyl (C=O) groups is 1. The number of furan rings is 1. The number of esters is 1. The monoisotopic (exact) mass is 538 g/mol. The van der Waals surface area contributed by atoms with Crippen LogP contribution >= 0.6 is 34.7 Å². The van der Waals surface area contributed by atoms with Gasteiger partial charge < -0.3 is 9.15 Å². The van der Waals surface area contributed by atoms with Crippen LogP contribution in [0.4, 0.5) is 0 Å². The second-order valence-electron chi connectivity index (χ2n) is 7.64. The van der Waals surface area contributed by atoms with Crippen molar-refractivity contribution >= 4 is 46.7 Å². The second kappa shape index (κ2) is 10.3. The minimum Gasteiger partial charge on any atom is -0.463 e. The number of benzene rings is 1. The van der Waals surface area contributed by atoms with Crippen molar-refractivity contribution in [2.75, 3.05) is 6.61 Å². The minimum atomic E-state index is -0.697. The van der Waals surface area contributed by atoms with E-state index < -0.39 is 12.0 Å². The van der Waals surface area contributed by atoms with Gasteiger partial charge in [0.05, 0.1) is 28.5 Å². The Morgan fingerprint density at radius 3 is 2.69 bits per heavy atom. The summed E-state index contributed by atoms with van der Waals surface area (Å²) in [5.74, 6) is -0.00752. The molecule has 11 heteroatoms. The maximum atomic E-state index is 13.6. The fourth-order valence-corrected chi connectivity index (χ4v) is 5.61. The van der Waals surface area contributed by atoms with Crippen LogP contribution < -0.4 is 14.9 Å². The summed E-state index contributed by atoms with van der Waals surface area (Å²) in [6.45, 7) is 3.69. The quantitative estimate of drug-likeness (QED) is 0.270. The average Bonchev–Trinajstić information content (AvgIpc) is 3.43. The summed E-state index contributed by atoms with van der Waals surface area (Å²) >= 11 is 8.60. The summed E-state index contributed by atoms with van der Waals surface area (Å²) in [7, 11) is 0. The van der Waals surface area contributed by atoms with E-state index in [1.165, 1.54) is 27.7 Å². The van der Waals surface area contributed by atoms with Crippen molar-refractivity contribution in [2.24, 2.45) is 4.99 Å². The molecule has 0 N–H and O–H groups in total. The Labute approximate surface area is 218 Å². The van der Waals surface area contributed by atoms with Gasteiger partial charge in [0.25, 0.3) is 5.56 Å². The van der Waals surface area contributed by atoms with Gasteiger partial charge in [0.15, 0.2) is 15.1 Å². The first-order valence-electron chi connectivity index (χ1n) is 10.9. The molecule has 0 fully saturated rings. The van der Waals surface area contributed by atoms with Crippen molar-refractivity contribution < 1.29 is 13.9 Å². The van der Waals surface area contributed by atoms with Crippen LogP contribution in [0.5, 0.6) is 0 Å². The number of hydrogen-bond acceptors (Lipinski definition) is 9. The van der Waals surface area contributed by atoms with Gasteiger partial charge in [0.2, 0.25) is 0 Å². The molecule has 1 aliphatic rings. The van der Waals surface area contributed by atoms with Gasteiger partial charge in [-0.25, -0.2) is 19.8 Å². The van der Waals surface area contributed by atoms with Crippen LogP contribution in [0.3, 0.4) is 0 Å². The van der Waals surface area contributed by atoms with Crippen molar-refractivity contribution in [1.82, 2.24) is 14.5 Å². The molecule has 0 saturated heterocycles. The topological polar surface area (TPSA) is 99.6 Å². The van der Waals surface area contributed by atoms with Crippen LogP contribution in [0, 0.1) is 0 Å². The van der Waals surface area contributed by atoms with Crippen molar-refractivity contribution in [3.8, 4) is 0 Å². The fourth-order valence-electron chi connectivity index (χ4n) is 3.78. The van der Waals surface area contributed by atoms with Crippen LogP contribution in [0.2, 0.25) is 5.02 Å². The van der Waals surface area contributed by atoms with Crippen LogP contribution in [0.15, 0.2) is 90.6 Å². The summed E-state index contributed by atoms with van der Waals surface area (Å²) in [4.78, 5) is 39.9. The van der Waals surface area contributed by atoms with Gasteiger partial charge >= 0.3 is 5.97 Å². The molecule has 3 aromatic heterocycles. The second-order valence-corrected chi connectivity index (χ2v) is 10.1. The third kappa shape index (κ3) is 4.79. The molecule has 0 aliphatic carbocycles. The maximum absolute atomic E-state index is 13.6. The van der Waals surface area contributed by atoms with Crippen molar-refractivity contribution in [1.29, 1.82) is 0 Å². The molecule has 1 unspecified atom stereocenters. The summed E-state index contributed by atoms with van der Waals surface area (Å²) in [5.41, 5.74) is 1.26. The van der Waals surface area contributed by atoms with Crippen LogP contribution in [-0.2, 0) is 9.53 Å². The lowest BCUT2D eigenvalue weighted by Gasteiger charge is -2.24. The zero-order chi connectivity index (χ0) is 25.2. The van der Waals surface area contributed by atoms with Gasteiger partial charge in [0.1, 0.15) is 5.76 Å². The molecule has 1 atom stereocenters. The van der Waals surface area contributed by atoms with E-state index in [-0.39, 0.29) is 12.2 Å². The van der Waals surface area contributed by atoms with E-state index in [1.54, 1.807) is 74.8 Å². The third-order valence-electron chi connectivity index (χ3n) is 5.31. The maximum Gasteiger partial charge on any atom is 0.338 e. The predicted molar refractivity (Wildman–Crippen MR) is 137 cm³/mol. The van der Waals surface area contributed by atoms with E-state index in [4.69, 9.17) is 20.8 Å². The van der Waals surface area contributed by atoms with Gasteiger partial charge in [-0.3, -0.25) is 9.36 Å². The molecule has 4 heterocycles. The Hall–Kier alpha value is -3.47. The highest BCUT2D eigenvalue weighted by molar-refractivity contribution is 7.99. The first kappa shape index (κ1) is 24.2. The Morgan fingerprint density at radius 1 is 1.22 bits per heavy atom. The molecule has 8 nitrogen and oxygen atoms in total. The van der Waals surface area contributed by atoms with E-state index in [0.29, 0.717) is 41.6 Å². The molecule has 4 aromatic rings. The zero-order valence-corrected chi connectivity index (χ0v) is 21.6. The highest BCUT2D eigenvalue weighted by Gasteiger charge is 2.33. The Balaban J connectivity index is 1.59. The van der Waals surface area contributed by atoms with Gasteiger partial charge in [0, 0.05) is 23.5 Å². The lowest BCUT2D eigenvalue weighted by molar-refractivity contribution is -0.139. The summed E-state index contributed by atoms with van der Waals surface area (Å²) in [5, 5.41) is 1.71. The van der Waals surface area contributed by atoms with Gasteiger partial charge in [-0.05, 0) is 61.5 Å². The van der Waals surface area contributed by atoms with Crippen molar-refractivity contribution in [2.45, 2.75) is 30.1 Å². The van der Waals surface area contributed by atoms with E-state index in [2.05, 4.69) is 15.0 Å².